The van der Waals surface area contributed by atoms with Crippen LogP contribution in [-0.4, -0.2) is 69.9 Å². The van der Waals surface area contributed by atoms with Crippen LogP contribution in [0.1, 0.15) is 38.2 Å². The zero-order chi connectivity index (χ0) is 20.9. The van der Waals surface area contributed by atoms with Gasteiger partial charge in [-0.25, -0.2) is 8.42 Å². The van der Waals surface area contributed by atoms with E-state index in [1.54, 1.807) is 23.5 Å². The Morgan fingerprint density at radius 1 is 1.10 bits per heavy atom. The Morgan fingerprint density at radius 3 is 2.41 bits per heavy atom. The molecule has 1 aromatic carbocycles. The van der Waals surface area contributed by atoms with Gasteiger partial charge in [-0.3, -0.25) is 4.99 Å². The summed E-state index contributed by atoms with van der Waals surface area (Å²) in [4.78, 5) is 6.88. The van der Waals surface area contributed by atoms with Gasteiger partial charge in [0, 0.05) is 45.8 Å². The maximum absolute atomic E-state index is 13.2. The summed E-state index contributed by atoms with van der Waals surface area (Å²) in [6.07, 6.45) is 4.77. The molecule has 0 radical (unpaired) electrons. The van der Waals surface area contributed by atoms with Crippen LogP contribution in [0.3, 0.4) is 0 Å². The second kappa shape index (κ2) is 9.91. The predicted molar refractivity (Wildman–Crippen MR) is 117 cm³/mol. The Kier molecular flexibility index (Phi) is 7.54. The number of hydrogen-bond donors (Lipinski definition) is 2. The van der Waals surface area contributed by atoms with Crippen molar-refractivity contribution in [3.8, 4) is 0 Å². The first-order chi connectivity index (χ1) is 13.9. The van der Waals surface area contributed by atoms with Crippen LogP contribution >= 0.6 is 0 Å². The van der Waals surface area contributed by atoms with Crippen LogP contribution in [-0.2, 0) is 16.6 Å². The number of benzene rings is 1. The Morgan fingerprint density at radius 2 is 1.76 bits per heavy atom. The van der Waals surface area contributed by atoms with E-state index in [-0.39, 0.29) is 0 Å². The highest BCUT2D eigenvalue weighted by Gasteiger charge is 2.29. The van der Waals surface area contributed by atoms with Gasteiger partial charge in [0.2, 0.25) is 10.0 Å². The number of sulfonamides is 1. The molecule has 3 rings (SSSR count). The summed E-state index contributed by atoms with van der Waals surface area (Å²) in [5.74, 6) is 1.53. The van der Waals surface area contributed by atoms with Crippen LogP contribution in [0.25, 0.3) is 0 Å². The molecule has 2 N–H and O–H groups in total. The molecule has 0 bridgehead atoms. The van der Waals surface area contributed by atoms with Crippen molar-refractivity contribution in [2.24, 2.45) is 10.9 Å². The van der Waals surface area contributed by atoms with Crippen molar-refractivity contribution in [1.82, 2.24) is 19.8 Å². The van der Waals surface area contributed by atoms with Gasteiger partial charge in [-0.2, -0.15) is 4.31 Å². The minimum absolute atomic E-state index is 0.388. The quantitative estimate of drug-likeness (QED) is 0.561. The number of piperazine rings is 1. The maximum Gasteiger partial charge on any atom is 0.243 e. The fourth-order valence-electron chi connectivity index (χ4n) is 4.04. The van der Waals surface area contributed by atoms with Gasteiger partial charge in [0.1, 0.15) is 0 Å². The summed E-state index contributed by atoms with van der Waals surface area (Å²) in [6, 6.07) is 7.71. The Bertz CT molecular complexity index is 795. The molecular weight excluding hydrogens is 386 g/mol. The van der Waals surface area contributed by atoms with Crippen molar-refractivity contribution in [3.63, 3.8) is 0 Å². The number of hydrogen-bond acceptors (Lipinski definition) is 4. The maximum atomic E-state index is 13.2. The van der Waals surface area contributed by atoms with Crippen molar-refractivity contribution in [3.05, 3.63) is 29.8 Å². The molecule has 1 heterocycles. The summed E-state index contributed by atoms with van der Waals surface area (Å²) < 4.78 is 28.0. The van der Waals surface area contributed by atoms with E-state index in [9.17, 15) is 8.42 Å². The van der Waals surface area contributed by atoms with E-state index < -0.39 is 10.0 Å². The average molecular weight is 422 g/mol. The molecule has 1 aliphatic heterocycles. The normalized spacial score (nSPS) is 25.0. The van der Waals surface area contributed by atoms with E-state index in [0.29, 0.717) is 30.6 Å². The van der Waals surface area contributed by atoms with Gasteiger partial charge in [-0.1, -0.05) is 25.1 Å². The molecule has 29 heavy (non-hydrogen) atoms. The lowest BCUT2D eigenvalue weighted by Gasteiger charge is -2.32. The highest BCUT2D eigenvalue weighted by Crippen LogP contribution is 2.24. The number of aliphatic imine (C=N–C) groups is 1. The molecule has 0 atom stereocenters. The van der Waals surface area contributed by atoms with E-state index in [4.69, 9.17) is 0 Å². The van der Waals surface area contributed by atoms with Gasteiger partial charge in [-0.15, -0.1) is 0 Å². The molecular formula is C21H35N5O2S. The molecule has 8 heteroatoms. The first kappa shape index (κ1) is 22.1. The van der Waals surface area contributed by atoms with Crippen molar-refractivity contribution >= 4 is 16.0 Å². The highest BCUT2D eigenvalue weighted by atomic mass is 32.2. The van der Waals surface area contributed by atoms with Crippen molar-refractivity contribution in [2.45, 2.75) is 50.1 Å². The number of rotatable bonds is 5. The van der Waals surface area contributed by atoms with Crippen molar-refractivity contribution in [2.75, 3.05) is 40.3 Å². The summed E-state index contributed by atoms with van der Waals surface area (Å²) in [5.41, 5.74) is 0.770. The summed E-state index contributed by atoms with van der Waals surface area (Å²) >= 11 is 0. The summed E-state index contributed by atoms with van der Waals surface area (Å²) in [5, 5.41) is 6.81. The van der Waals surface area contributed by atoms with Gasteiger partial charge in [0.15, 0.2) is 5.96 Å². The van der Waals surface area contributed by atoms with E-state index >= 15 is 0 Å². The number of guanidine groups is 1. The highest BCUT2D eigenvalue weighted by molar-refractivity contribution is 7.89. The van der Waals surface area contributed by atoms with Gasteiger partial charge >= 0.3 is 0 Å². The molecule has 1 saturated carbocycles. The molecule has 0 amide bonds. The Labute approximate surface area is 175 Å². The minimum Gasteiger partial charge on any atom is -0.354 e. The molecule has 0 spiro atoms. The van der Waals surface area contributed by atoms with Gasteiger partial charge in [-0.05, 0) is 50.3 Å². The molecule has 7 nitrogen and oxygen atoms in total. The monoisotopic (exact) mass is 421 g/mol. The molecule has 1 aliphatic carbocycles. The van der Waals surface area contributed by atoms with Gasteiger partial charge < -0.3 is 15.5 Å². The topological polar surface area (TPSA) is 77.0 Å². The lowest BCUT2D eigenvalue weighted by molar-refractivity contribution is 0.222. The zero-order valence-corrected chi connectivity index (χ0v) is 18.7. The van der Waals surface area contributed by atoms with E-state index in [1.807, 2.05) is 19.2 Å². The Hall–Kier alpha value is -1.64. The van der Waals surface area contributed by atoms with Crippen LogP contribution in [0.2, 0.25) is 0 Å². The molecule has 162 valence electrons. The van der Waals surface area contributed by atoms with Crippen LogP contribution in [0.4, 0.5) is 0 Å². The van der Waals surface area contributed by atoms with Crippen molar-refractivity contribution < 1.29 is 8.42 Å². The third kappa shape index (κ3) is 5.71. The van der Waals surface area contributed by atoms with Crippen LogP contribution in [0.15, 0.2) is 34.2 Å². The second-order valence-corrected chi connectivity index (χ2v) is 10.2. The predicted octanol–water partition coefficient (Wildman–Crippen LogP) is 1.87. The molecule has 1 saturated heterocycles. The number of nitrogens with zero attached hydrogens (tertiary/aromatic N) is 3. The number of nitrogens with one attached hydrogen (secondary N) is 2. The Balaban J connectivity index is 1.65. The van der Waals surface area contributed by atoms with Crippen molar-refractivity contribution in [1.29, 1.82) is 0 Å². The smallest absolute Gasteiger partial charge is 0.243 e. The molecule has 2 aliphatic rings. The van der Waals surface area contributed by atoms with E-state index in [1.165, 1.54) is 12.8 Å². The first-order valence-corrected chi connectivity index (χ1v) is 12.1. The van der Waals surface area contributed by atoms with Gasteiger partial charge in [0.05, 0.1) is 4.90 Å². The fraction of sp³-hybridized carbons (Fsp3) is 0.667. The average Bonchev–Trinajstić information content (AvgIpc) is 2.73. The summed E-state index contributed by atoms with van der Waals surface area (Å²) in [6.45, 7) is 5.31. The SMILES string of the molecule is CN=C(NCc1ccccc1S(=O)(=O)N1CCN(C)CC1)NC1CCC(C)CC1. The molecule has 0 aromatic heterocycles. The molecule has 2 fully saturated rings. The van der Waals surface area contributed by atoms with E-state index in [0.717, 1.165) is 43.4 Å². The van der Waals surface area contributed by atoms with Crippen LogP contribution in [0.5, 0.6) is 0 Å². The molecule has 1 aromatic rings. The lowest BCUT2D eigenvalue weighted by Crippen LogP contribution is -2.47. The first-order valence-electron chi connectivity index (χ1n) is 10.6. The molecule has 0 unspecified atom stereocenters. The van der Waals surface area contributed by atoms with Gasteiger partial charge in [0.25, 0.3) is 0 Å². The lowest BCUT2D eigenvalue weighted by atomic mass is 9.87. The largest absolute Gasteiger partial charge is 0.354 e. The standard InChI is InChI=1S/C21H35N5O2S/c1-17-8-10-19(11-9-17)24-21(22-2)23-16-18-6-4-5-7-20(18)29(27,28)26-14-12-25(3)13-15-26/h4-7,17,19H,8-16H2,1-3H3,(H2,22,23,24). The number of likely N-dealkylation sites (N-methyl/N-ethyl adjacent to an activating group) is 1. The second-order valence-electron chi connectivity index (χ2n) is 8.34. The fourth-order valence-corrected chi connectivity index (χ4v) is 5.68. The van der Waals surface area contributed by atoms with Crippen LogP contribution in [0, 0.1) is 5.92 Å². The third-order valence-electron chi connectivity index (χ3n) is 6.08. The zero-order valence-electron chi connectivity index (χ0n) is 17.9. The van der Waals surface area contributed by atoms with E-state index in [2.05, 4.69) is 27.4 Å². The minimum atomic E-state index is -3.50. The third-order valence-corrected chi connectivity index (χ3v) is 8.08. The summed E-state index contributed by atoms with van der Waals surface area (Å²) in [7, 11) is 0.281. The van der Waals surface area contributed by atoms with Crippen LogP contribution < -0.4 is 10.6 Å².